The van der Waals surface area contributed by atoms with E-state index in [2.05, 4.69) is 4.98 Å². The number of halogens is 1. The molecule has 0 amide bonds. The molecule has 1 saturated heterocycles. The normalized spacial score (nSPS) is 19.6. The van der Waals surface area contributed by atoms with Crippen LogP contribution in [-0.4, -0.2) is 27.9 Å². The van der Waals surface area contributed by atoms with Crippen LogP contribution in [0.1, 0.15) is 33.5 Å². The molecular formula is C16H20BClN2O2. The first kappa shape index (κ1) is 15.6. The quantitative estimate of drug-likeness (QED) is 0.798. The molecule has 6 heteroatoms. The summed E-state index contributed by atoms with van der Waals surface area (Å²) in [6, 6.07) is 5.87. The van der Waals surface area contributed by atoms with E-state index < -0.39 is 7.12 Å². The van der Waals surface area contributed by atoms with E-state index in [0.29, 0.717) is 5.02 Å². The maximum Gasteiger partial charge on any atom is 0.496 e. The molecule has 1 aliphatic rings. The molecule has 116 valence electrons. The van der Waals surface area contributed by atoms with Gasteiger partial charge in [0.15, 0.2) is 0 Å². The molecule has 0 spiro atoms. The zero-order valence-electron chi connectivity index (χ0n) is 13.6. The lowest BCUT2D eigenvalue weighted by Gasteiger charge is -2.32. The van der Waals surface area contributed by atoms with Crippen molar-refractivity contribution in [3.63, 3.8) is 0 Å². The molecule has 0 aliphatic carbocycles. The number of nitrogens with zero attached hydrogens (tertiary/aromatic N) is 2. The van der Waals surface area contributed by atoms with Crippen molar-refractivity contribution in [2.24, 2.45) is 0 Å². The number of aromatic nitrogens is 2. The molecule has 1 aromatic heterocycles. The highest BCUT2D eigenvalue weighted by atomic mass is 35.5. The molecule has 22 heavy (non-hydrogen) atoms. The van der Waals surface area contributed by atoms with Crippen molar-refractivity contribution in [1.29, 1.82) is 0 Å². The molecule has 0 saturated carbocycles. The maximum absolute atomic E-state index is 6.47. The van der Waals surface area contributed by atoms with Gasteiger partial charge in [-0.15, -0.1) is 0 Å². The number of rotatable bonds is 2. The fraction of sp³-hybridized carbons (Fsp3) is 0.438. The Labute approximate surface area is 136 Å². The number of imidazole rings is 1. The Bertz CT molecular complexity index is 696. The molecule has 1 fully saturated rings. The molecule has 0 bridgehead atoms. The molecule has 0 radical (unpaired) electrons. The van der Waals surface area contributed by atoms with Gasteiger partial charge in [0, 0.05) is 28.6 Å². The number of aryl methyl sites for hydroxylation is 1. The SMILES string of the molecule is Cc1nccn1-c1ccc(B2OC(C)(C)C(C)(C)O2)c(Cl)c1. The fourth-order valence-corrected chi connectivity index (χ4v) is 2.74. The van der Waals surface area contributed by atoms with Gasteiger partial charge in [0.25, 0.3) is 0 Å². The summed E-state index contributed by atoms with van der Waals surface area (Å²) in [4.78, 5) is 4.23. The van der Waals surface area contributed by atoms with E-state index in [-0.39, 0.29) is 11.2 Å². The van der Waals surface area contributed by atoms with Crippen molar-refractivity contribution in [2.45, 2.75) is 45.8 Å². The van der Waals surface area contributed by atoms with Gasteiger partial charge >= 0.3 is 7.12 Å². The second kappa shape index (κ2) is 5.12. The highest BCUT2D eigenvalue weighted by Crippen LogP contribution is 2.37. The zero-order chi connectivity index (χ0) is 16.1. The van der Waals surface area contributed by atoms with Crippen molar-refractivity contribution < 1.29 is 9.31 Å². The Morgan fingerprint density at radius 3 is 2.27 bits per heavy atom. The molecule has 1 aliphatic heterocycles. The Morgan fingerprint density at radius 1 is 1.14 bits per heavy atom. The summed E-state index contributed by atoms with van der Waals surface area (Å²) in [5, 5.41) is 0.629. The molecule has 0 unspecified atom stereocenters. The summed E-state index contributed by atoms with van der Waals surface area (Å²) in [5.41, 5.74) is 1.07. The van der Waals surface area contributed by atoms with E-state index in [9.17, 15) is 0 Å². The second-order valence-corrected chi connectivity index (χ2v) is 7.05. The molecule has 0 N–H and O–H groups in total. The third-order valence-corrected chi connectivity index (χ3v) is 4.92. The largest absolute Gasteiger partial charge is 0.496 e. The maximum atomic E-state index is 6.47. The molecule has 1 aromatic carbocycles. The van der Waals surface area contributed by atoms with Gasteiger partial charge in [-0.3, -0.25) is 0 Å². The lowest BCUT2D eigenvalue weighted by atomic mass is 9.79. The summed E-state index contributed by atoms with van der Waals surface area (Å²) in [7, 11) is -0.449. The molecular weight excluding hydrogens is 298 g/mol. The Morgan fingerprint density at radius 2 is 1.77 bits per heavy atom. The molecule has 0 atom stereocenters. The van der Waals surface area contributed by atoms with Crippen LogP contribution >= 0.6 is 11.6 Å². The van der Waals surface area contributed by atoms with Gasteiger partial charge in [-0.25, -0.2) is 4.98 Å². The summed E-state index contributed by atoms with van der Waals surface area (Å²) in [5.74, 6) is 0.916. The predicted octanol–water partition coefficient (Wildman–Crippen LogP) is 3.13. The van der Waals surface area contributed by atoms with E-state index in [1.807, 2.05) is 63.6 Å². The standard InChI is InChI=1S/C16H20BClN2O2/c1-11-19-8-9-20(11)12-6-7-13(14(18)10-12)17-21-15(2,3)16(4,5)22-17/h6-10H,1-5H3. The molecule has 2 heterocycles. The van der Waals surface area contributed by atoms with Crippen LogP contribution in [0.3, 0.4) is 0 Å². The predicted molar refractivity (Wildman–Crippen MR) is 89.0 cm³/mol. The van der Waals surface area contributed by atoms with Crippen LogP contribution in [0.4, 0.5) is 0 Å². The van der Waals surface area contributed by atoms with Gasteiger partial charge in [-0.1, -0.05) is 17.7 Å². The molecule has 4 nitrogen and oxygen atoms in total. The van der Waals surface area contributed by atoms with Crippen LogP contribution in [0, 0.1) is 6.92 Å². The topological polar surface area (TPSA) is 36.3 Å². The van der Waals surface area contributed by atoms with Crippen LogP contribution in [0.2, 0.25) is 5.02 Å². The summed E-state index contributed by atoms with van der Waals surface area (Å²) < 4.78 is 14.1. The Balaban J connectivity index is 1.93. The molecule has 3 rings (SSSR count). The van der Waals surface area contributed by atoms with Crippen molar-refractivity contribution in [3.05, 3.63) is 41.4 Å². The second-order valence-electron chi connectivity index (χ2n) is 6.64. The third kappa shape index (κ3) is 2.47. The highest BCUT2D eigenvalue weighted by Gasteiger charge is 2.52. The first-order valence-corrected chi connectivity index (χ1v) is 7.74. The average molecular weight is 319 g/mol. The van der Waals surface area contributed by atoms with Gasteiger partial charge in [-0.05, 0) is 46.8 Å². The van der Waals surface area contributed by atoms with E-state index in [1.165, 1.54) is 0 Å². The summed E-state index contributed by atoms with van der Waals surface area (Å²) in [6.07, 6.45) is 3.68. The highest BCUT2D eigenvalue weighted by molar-refractivity contribution is 6.65. The average Bonchev–Trinajstić information content (AvgIpc) is 2.91. The van der Waals surface area contributed by atoms with Crippen LogP contribution in [0.15, 0.2) is 30.6 Å². The van der Waals surface area contributed by atoms with Gasteiger partial charge in [0.2, 0.25) is 0 Å². The first-order valence-electron chi connectivity index (χ1n) is 7.37. The minimum absolute atomic E-state index is 0.374. The van der Waals surface area contributed by atoms with Gasteiger partial charge in [0.1, 0.15) is 5.82 Å². The van der Waals surface area contributed by atoms with Gasteiger partial charge in [0.05, 0.1) is 11.2 Å². The van der Waals surface area contributed by atoms with Crippen molar-refractivity contribution in [1.82, 2.24) is 9.55 Å². The Hall–Kier alpha value is -1.30. The van der Waals surface area contributed by atoms with E-state index >= 15 is 0 Å². The van der Waals surface area contributed by atoms with Crippen LogP contribution in [0.25, 0.3) is 5.69 Å². The summed E-state index contributed by atoms with van der Waals surface area (Å²) >= 11 is 6.47. The van der Waals surface area contributed by atoms with Crippen LogP contribution in [-0.2, 0) is 9.31 Å². The minimum atomic E-state index is -0.449. The number of benzene rings is 1. The van der Waals surface area contributed by atoms with Crippen molar-refractivity contribution >= 4 is 24.2 Å². The van der Waals surface area contributed by atoms with Gasteiger partial charge in [-0.2, -0.15) is 0 Å². The Kier molecular flexibility index (Phi) is 3.63. The number of hydrogen-bond donors (Lipinski definition) is 0. The summed E-state index contributed by atoms with van der Waals surface area (Å²) in [6.45, 7) is 10.1. The number of hydrogen-bond acceptors (Lipinski definition) is 3. The van der Waals surface area contributed by atoms with E-state index in [1.54, 1.807) is 6.20 Å². The zero-order valence-corrected chi connectivity index (χ0v) is 14.3. The lowest BCUT2D eigenvalue weighted by molar-refractivity contribution is 0.00578. The van der Waals surface area contributed by atoms with E-state index in [0.717, 1.165) is 17.0 Å². The van der Waals surface area contributed by atoms with Crippen LogP contribution in [0.5, 0.6) is 0 Å². The van der Waals surface area contributed by atoms with Crippen molar-refractivity contribution in [3.8, 4) is 5.69 Å². The monoisotopic (exact) mass is 318 g/mol. The fourth-order valence-electron chi connectivity index (χ4n) is 2.48. The first-order chi connectivity index (χ1) is 10.2. The lowest BCUT2D eigenvalue weighted by Crippen LogP contribution is -2.41. The van der Waals surface area contributed by atoms with Crippen LogP contribution < -0.4 is 5.46 Å². The van der Waals surface area contributed by atoms with Gasteiger partial charge < -0.3 is 13.9 Å². The van der Waals surface area contributed by atoms with Crippen molar-refractivity contribution in [2.75, 3.05) is 0 Å². The molecule has 2 aromatic rings. The third-order valence-electron chi connectivity index (χ3n) is 4.60. The minimum Gasteiger partial charge on any atom is -0.399 e. The van der Waals surface area contributed by atoms with E-state index in [4.69, 9.17) is 20.9 Å². The smallest absolute Gasteiger partial charge is 0.399 e.